The Morgan fingerprint density at radius 2 is 2.11 bits per heavy atom. The fourth-order valence-corrected chi connectivity index (χ4v) is 2.81. The van der Waals surface area contributed by atoms with Crippen molar-refractivity contribution < 1.29 is 9.13 Å². The quantitative estimate of drug-likeness (QED) is 0.895. The van der Waals surface area contributed by atoms with Gasteiger partial charge in [0.25, 0.3) is 0 Å². The molecule has 0 aliphatic carbocycles. The van der Waals surface area contributed by atoms with Crippen molar-refractivity contribution in [1.82, 2.24) is 5.32 Å². The molecule has 0 bridgehead atoms. The number of rotatable bonds is 5. The second-order valence-corrected chi connectivity index (χ2v) is 5.73. The Balaban J connectivity index is 2.12. The molecule has 2 rings (SSSR count). The van der Waals surface area contributed by atoms with Crippen LogP contribution in [-0.2, 0) is 11.2 Å². The van der Waals surface area contributed by atoms with E-state index in [-0.39, 0.29) is 16.3 Å². The molecule has 1 fully saturated rings. The Morgan fingerprint density at radius 3 is 2.74 bits per heavy atom. The van der Waals surface area contributed by atoms with Crippen molar-refractivity contribution >= 4 is 11.6 Å². The molecule has 4 heteroatoms. The predicted octanol–water partition coefficient (Wildman–Crippen LogP) is 3.43. The fraction of sp³-hybridized carbons (Fsp3) is 0.600. The van der Waals surface area contributed by atoms with Gasteiger partial charge in [0.1, 0.15) is 5.82 Å². The van der Waals surface area contributed by atoms with Gasteiger partial charge in [0.05, 0.1) is 5.02 Å². The third-order valence-electron chi connectivity index (χ3n) is 3.87. The Morgan fingerprint density at radius 1 is 1.37 bits per heavy atom. The molecule has 1 aliphatic heterocycles. The molecule has 0 amide bonds. The lowest BCUT2D eigenvalue weighted by molar-refractivity contribution is 0.0151. The molecule has 0 aromatic heterocycles. The van der Waals surface area contributed by atoms with Gasteiger partial charge in [0, 0.05) is 19.8 Å². The summed E-state index contributed by atoms with van der Waals surface area (Å²) in [5.74, 6) is -0.329. The van der Waals surface area contributed by atoms with Crippen molar-refractivity contribution in [1.29, 1.82) is 0 Å². The standard InChI is InChI=1S/C15H21ClFNO/c1-2-18-11-15(5-7-19-8-6-15)10-12-3-4-13(16)14(17)9-12/h3-4,9,18H,2,5-8,10-11H2,1H3. The Labute approximate surface area is 119 Å². The molecule has 1 N–H and O–H groups in total. The van der Waals surface area contributed by atoms with E-state index < -0.39 is 0 Å². The summed E-state index contributed by atoms with van der Waals surface area (Å²) in [7, 11) is 0. The van der Waals surface area contributed by atoms with Gasteiger partial charge in [0.15, 0.2) is 0 Å². The van der Waals surface area contributed by atoms with Gasteiger partial charge in [-0.1, -0.05) is 24.6 Å². The minimum atomic E-state index is -0.329. The van der Waals surface area contributed by atoms with Crippen molar-refractivity contribution in [2.24, 2.45) is 5.41 Å². The smallest absolute Gasteiger partial charge is 0.142 e. The first kappa shape index (κ1) is 14.8. The largest absolute Gasteiger partial charge is 0.381 e. The van der Waals surface area contributed by atoms with E-state index in [1.807, 2.05) is 6.07 Å². The van der Waals surface area contributed by atoms with Crippen molar-refractivity contribution in [3.05, 3.63) is 34.6 Å². The van der Waals surface area contributed by atoms with E-state index in [2.05, 4.69) is 12.2 Å². The molecule has 106 valence electrons. The lowest BCUT2D eigenvalue weighted by atomic mass is 9.75. The van der Waals surface area contributed by atoms with E-state index in [1.54, 1.807) is 12.1 Å². The number of nitrogens with one attached hydrogen (secondary N) is 1. The van der Waals surface area contributed by atoms with Crippen molar-refractivity contribution in [2.75, 3.05) is 26.3 Å². The van der Waals surface area contributed by atoms with Gasteiger partial charge in [-0.25, -0.2) is 4.39 Å². The van der Waals surface area contributed by atoms with Crippen LogP contribution in [0.1, 0.15) is 25.3 Å². The SMILES string of the molecule is CCNCC1(Cc2ccc(Cl)c(F)c2)CCOCC1. The third kappa shape index (κ3) is 3.91. The van der Waals surface area contributed by atoms with Crippen molar-refractivity contribution in [3.63, 3.8) is 0 Å². The number of benzene rings is 1. The summed E-state index contributed by atoms with van der Waals surface area (Å²) in [4.78, 5) is 0. The molecule has 0 unspecified atom stereocenters. The first-order valence-corrected chi connectivity index (χ1v) is 7.25. The number of ether oxygens (including phenoxy) is 1. The van der Waals surface area contributed by atoms with Crippen LogP contribution >= 0.6 is 11.6 Å². The van der Waals surface area contributed by atoms with Crippen molar-refractivity contribution in [2.45, 2.75) is 26.2 Å². The van der Waals surface area contributed by atoms with Crippen LogP contribution in [0.4, 0.5) is 4.39 Å². The summed E-state index contributed by atoms with van der Waals surface area (Å²) in [6.45, 7) is 5.60. The highest BCUT2D eigenvalue weighted by Gasteiger charge is 2.32. The Bertz CT molecular complexity index is 419. The topological polar surface area (TPSA) is 21.3 Å². The summed E-state index contributed by atoms with van der Waals surface area (Å²) in [6.07, 6.45) is 2.91. The van der Waals surface area contributed by atoms with Crippen LogP contribution < -0.4 is 5.32 Å². The summed E-state index contributed by atoms with van der Waals surface area (Å²) in [5, 5.41) is 3.62. The maximum Gasteiger partial charge on any atom is 0.142 e. The van der Waals surface area contributed by atoms with Gasteiger partial charge in [-0.15, -0.1) is 0 Å². The van der Waals surface area contributed by atoms with Crippen LogP contribution in [0.25, 0.3) is 0 Å². The molecule has 0 saturated carbocycles. The van der Waals surface area contributed by atoms with Crippen LogP contribution in [0.15, 0.2) is 18.2 Å². The first-order chi connectivity index (χ1) is 9.15. The molecule has 19 heavy (non-hydrogen) atoms. The van der Waals surface area contributed by atoms with Crippen LogP contribution in [0.3, 0.4) is 0 Å². The normalized spacial score (nSPS) is 18.5. The average Bonchev–Trinajstić information content (AvgIpc) is 2.42. The highest BCUT2D eigenvalue weighted by molar-refractivity contribution is 6.30. The number of halogens is 2. The highest BCUT2D eigenvalue weighted by Crippen LogP contribution is 2.34. The first-order valence-electron chi connectivity index (χ1n) is 6.88. The van der Waals surface area contributed by atoms with E-state index in [0.717, 1.165) is 51.1 Å². The zero-order valence-corrected chi connectivity index (χ0v) is 12.1. The van der Waals surface area contributed by atoms with Gasteiger partial charge >= 0.3 is 0 Å². The van der Waals surface area contributed by atoms with Crippen molar-refractivity contribution in [3.8, 4) is 0 Å². The lowest BCUT2D eigenvalue weighted by Crippen LogP contribution is -2.40. The van der Waals surface area contributed by atoms with Gasteiger partial charge in [-0.2, -0.15) is 0 Å². The third-order valence-corrected chi connectivity index (χ3v) is 4.17. The summed E-state index contributed by atoms with van der Waals surface area (Å²) < 4.78 is 19.0. The van der Waals surface area contributed by atoms with Gasteiger partial charge in [-0.05, 0) is 48.9 Å². The second kappa shape index (κ2) is 6.69. The second-order valence-electron chi connectivity index (χ2n) is 5.32. The molecule has 1 saturated heterocycles. The van der Waals surface area contributed by atoms with Crippen LogP contribution in [0.2, 0.25) is 5.02 Å². The van der Waals surface area contributed by atoms with Crippen LogP contribution in [0, 0.1) is 11.2 Å². The Kier molecular flexibility index (Phi) is 5.20. The molecular formula is C15H21ClFNO. The Hall–Kier alpha value is -0.640. The van der Waals surface area contributed by atoms with Gasteiger partial charge in [0.2, 0.25) is 0 Å². The molecule has 1 aromatic carbocycles. The minimum absolute atomic E-state index is 0.175. The maximum atomic E-state index is 13.5. The fourth-order valence-electron chi connectivity index (χ4n) is 2.69. The summed E-state index contributed by atoms with van der Waals surface area (Å²) in [6, 6.07) is 5.13. The van der Waals surface area contributed by atoms with Crippen LogP contribution in [-0.4, -0.2) is 26.3 Å². The molecule has 1 heterocycles. The summed E-state index contributed by atoms with van der Waals surface area (Å²) >= 11 is 5.73. The van der Waals surface area contributed by atoms with E-state index in [1.165, 1.54) is 0 Å². The molecule has 1 aromatic rings. The van der Waals surface area contributed by atoms with E-state index >= 15 is 0 Å². The monoisotopic (exact) mass is 285 g/mol. The molecule has 0 spiro atoms. The maximum absolute atomic E-state index is 13.5. The number of hydrogen-bond donors (Lipinski definition) is 1. The average molecular weight is 286 g/mol. The van der Waals surface area contributed by atoms with E-state index in [0.29, 0.717) is 0 Å². The zero-order chi connectivity index (χ0) is 13.7. The van der Waals surface area contributed by atoms with Gasteiger partial charge < -0.3 is 10.1 Å². The van der Waals surface area contributed by atoms with E-state index in [9.17, 15) is 4.39 Å². The molecule has 2 nitrogen and oxygen atoms in total. The molecule has 0 radical (unpaired) electrons. The minimum Gasteiger partial charge on any atom is -0.381 e. The van der Waals surface area contributed by atoms with E-state index in [4.69, 9.17) is 16.3 Å². The molecule has 1 aliphatic rings. The van der Waals surface area contributed by atoms with Crippen LogP contribution in [0.5, 0.6) is 0 Å². The summed E-state index contributed by atoms with van der Waals surface area (Å²) in [5.41, 5.74) is 1.19. The molecular weight excluding hydrogens is 265 g/mol. The van der Waals surface area contributed by atoms with Gasteiger partial charge in [-0.3, -0.25) is 0 Å². The molecule has 0 atom stereocenters. The number of hydrogen-bond acceptors (Lipinski definition) is 2. The lowest BCUT2D eigenvalue weighted by Gasteiger charge is -2.37. The highest BCUT2D eigenvalue weighted by atomic mass is 35.5. The zero-order valence-electron chi connectivity index (χ0n) is 11.3. The predicted molar refractivity (Wildman–Crippen MR) is 76.1 cm³/mol.